The number of benzene rings is 1. The Morgan fingerprint density at radius 2 is 1.81 bits per heavy atom. The van der Waals surface area contributed by atoms with Crippen molar-refractivity contribution in [2.24, 2.45) is 0 Å². The lowest BCUT2D eigenvalue weighted by atomic mass is 10.1. The third-order valence-corrected chi connectivity index (χ3v) is 3.32. The van der Waals surface area contributed by atoms with Gasteiger partial charge in [0.2, 0.25) is 0 Å². The first kappa shape index (κ1) is 18.0. The summed E-state index contributed by atoms with van der Waals surface area (Å²) in [7, 11) is 0. The third kappa shape index (κ3) is 8.05. The van der Waals surface area contributed by atoms with Crippen molar-refractivity contribution in [3.63, 3.8) is 0 Å². The monoisotopic (exact) mass is 295 g/mol. The van der Waals surface area contributed by atoms with E-state index in [4.69, 9.17) is 4.74 Å². The average Bonchev–Trinajstić information content (AvgIpc) is 2.41. The molecule has 0 bridgehead atoms. The van der Waals surface area contributed by atoms with Crippen molar-refractivity contribution in [1.82, 2.24) is 5.32 Å². The summed E-state index contributed by atoms with van der Waals surface area (Å²) in [4.78, 5) is 0. The molecule has 0 aliphatic heterocycles. The van der Waals surface area contributed by atoms with E-state index < -0.39 is 0 Å². The Morgan fingerprint density at radius 3 is 2.43 bits per heavy atom. The van der Waals surface area contributed by atoms with Crippen LogP contribution in [0.3, 0.4) is 0 Å². The highest BCUT2D eigenvalue weighted by Crippen LogP contribution is 2.19. The summed E-state index contributed by atoms with van der Waals surface area (Å²) in [6, 6.07) is 5.22. The van der Waals surface area contributed by atoms with Crippen molar-refractivity contribution in [1.29, 1.82) is 0 Å². The van der Waals surface area contributed by atoms with E-state index in [0.717, 1.165) is 18.4 Å². The number of nitrogens with one attached hydrogen (secondary N) is 1. The van der Waals surface area contributed by atoms with E-state index in [-0.39, 0.29) is 11.4 Å². The summed E-state index contributed by atoms with van der Waals surface area (Å²) in [6.07, 6.45) is 5.89. The molecule has 0 aliphatic carbocycles. The lowest BCUT2D eigenvalue weighted by Crippen LogP contribution is -2.35. The molecule has 0 aliphatic rings. The fourth-order valence-corrected chi connectivity index (χ4v) is 2.03. The molecule has 0 fully saturated rings. The Kier molecular flexibility index (Phi) is 7.73. The Bertz CT molecular complexity index is 412. The lowest BCUT2D eigenvalue weighted by molar-refractivity contribution is 0.290. The Balaban J connectivity index is 2.36. The predicted octanol–water partition coefficient (Wildman–Crippen LogP) is 5.06. The molecule has 3 heteroatoms. The van der Waals surface area contributed by atoms with Crippen LogP contribution in [0.4, 0.5) is 4.39 Å². The normalized spacial score (nSPS) is 11.7. The van der Waals surface area contributed by atoms with Crippen molar-refractivity contribution in [2.45, 2.75) is 71.9 Å². The highest BCUT2D eigenvalue weighted by Gasteiger charge is 2.10. The fourth-order valence-electron chi connectivity index (χ4n) is 2.03. The maximum atomic E-state index is 13.9. The van der Waals surface area contributed by atoms with Crippen molar-refractivity contribution >= 4 is 0 Å². The Morgan fingerprint density at radius 1 is 1.10 bits per heavy atom. The maximum Gasteiger partial charge on any atom is 0.165 e. The number of hydrogen-bond acceptors (Lipinski definition) is 2. The van der Waals surface area contributed by atoms with Crippen LogP contribution in [-0.2, 0) is 6.54 Å². The third-order valence-electron chi connectivity index (χ3n) is 3.32. The van der Waals surface area contributed by atoms with Crippen LogP contribution < -0.4 is 10.1 Å². The molecule has 0 saturated carbocycles. The maximum absolute atomic E-state index is 13.9. The van der Waals surface area contributed by atoms with Gasteiger partial charge in [-0.15, -0.1) is 0 Å². The summed E-state index contributed by atoms with van der Waals surface area (Å²) in [6.45, 7) is 9.75. The van der Waals surface area contributed by atoms with Gasteiger partial charge in [-0.1, -0.05) is 38.7 Å². The molecule has 1 aromatic carbocycles. The zero-order valence-electron chi connectivity index (χ0n) is 14.0. The molecule has 1 rings (SSSR count). The molecular weight excluding hydrogens is 265 g/mol. The van der Waals surface area contributed by atoms with Gasteiger partial charge in [0.15, 0.2) is 11.6 Å². The van der Waals surface area contributed by atoms with Crippen LogP contribution in [0.25, 0.3) is 0 Å². The van der Waals surface area contributed by atoms with E-state index in [0.29, 0.717) is 18.9 Å². The molecule has 0 aromatic heterocycles. The molecule has 0 heterocycles. The summed E-state index contributed by atoms with van der Waals surface area (Å²) in [5.74, 6) is 0.0989. The molecule has 0 atom stereocenters. The van der Waals surface area contributed by atoms with Gasteiger partial charge in [0, 0.05) is 12.1 Å². The van der Waals surface area contributed by atoms with E-state index in [2.05, 4.69) is 33.0 Å². The molecule has 2 nitrogen and oxygen atoms in total. The van der Waals surface area contributed by atoms with Crippen LogP contribution in [0.15, 0.2) is 18.2 Å². The number of hydrogen-bond donors (Lipinski definition) is 1. The Labute approximate surface area is 129 Å². The van der Waals surface area contributed by atoms with Gasteiger partial charge in [0.1, 0.15) is 0 Å². The first-order valence-electron chi connectivity index (χ1n) is 8.08. The van der Waals surface area contributed by atoms with Gasteiger partial charge in [-0.3, -0.25) is 0 Å². The van der Waals surface area contributed by atoms with Gasteiger partial charge in [0.25, 0.3) is 0 Å². The molecular formula is C18H30FNO. The van der Waals surface area contributed by atoms with Gasteiger partial charge in [-0.2, -0.15) is 0 Å². The first-order valence-corrected chi connectivity index (χ1v) is 8.08. The summed E-state index contributed by atoms with van der Waals surface area (Å²) in [5.41, 5.74) is 0.974. The summed E-state index contributed by atoms with van der Waals surface area (Å²) >= 11 is 0. The molecule has 1 N–H and O–H groups in total. The minimum atomic E-state index is -0.267. The molecule has 0 amide bonds. The second-order valence-electron chi connectivity index (χ2n) is 6.63. The van der Waals surface area contributed by atoms with Gasteiger partial charge < -0.3 is 10.1 Å². The van der Waals surface area contributed by atoms with Crippen molar-refractivity contribution < 1.29 is 9.13 Å². The zero-order chi connectivity index (χ0) is 15.7. The number of ether oxygens (including phenoxy) is 1. The van der Waals surface area contributed by atoms with Gasteiger partial charge in [0.05, 0.1) is 6.61 Å². The van der Waals surface area contributed by atoms with Gasteiger partial charge in [-0.05, 0) is 44.9 Å². The SMILES string of the molecule is CCCCCCCOc1ccc(CNC(C)(C)C)cc1F. The van der Waals surface area contributed by atoms with Crippen LogP contribution >= 0.6 is 0 Å². The van der Waals surface area contributed by atoms with Crippen LogP contribution in [0, 0.1) is 5.82 Å². The highest BCUT2D eigenvalue weighted by atomic mass is 19.1. The highest BCUT2D eigenvalue weighted by molar-refractivity contribution is 5.29. The molecule has 120 valence electrons. The lowest BCUT2D eigenvalue weighted by Gasteiger charge is -2.20. The standard InChI is InChI=1S/C18H30FNO/c1-5-6-7-8-9-12-21-17-11-10-15(13-16(17)19)14-20-18(2,3)4/h10-11,13,20H,5-9,12,14H2,1-4H3. The average molecular weight is 295 g/mol. The predicted molar refractivity (Wildman–Crippen MR) is 87.2 cm³/mol. The smallest absolute Gasteiger partial charge is 0.165 e. The molecule has 0 saturated heterocycles. The minimum absolute atomic E-state index is 0.0319. The first-order chi connectivity index (χ1) is 9.92. The van der Waals surface area contributed by atoms with E-state index >= 15 is 0 Å². The quantitative estimate of drug-likeness (QED) is 0.643. The largest absolute Gasteiger partial charge is 0.491 e. The van der Waals surface area contributed by atoms with Crippen molar-refractivity contribution in [2.75, 3.05) is 6.61 Å². The molecule has 21 heavy (non-hydrogen) atoms. The van der Waals surface area contributed by atoms with Crippen LogP contribution in [0.1, 0.15) is 65.4 Å². The van der Waals surface area contributed by atoms with E-state index in [1.54, 1.807) is 12.1 Å². The second-order valence-corrected chi connectivity index (χ2v) is 6.63. The number of rotatable bonds is 9. The molecule has 1 aromatic rings. The van der Waals surface area contributed by atoms with Crippen LogP contribution in [0.5, 0.6) is 5.75 Å². The van der Waals surface area contributed by atoms with E-state index in [9.17, 15) is 4.39 Å². The van der Waals surface area contributed by atoms with E-state index in [1.165, 1.54) is 19.3 Å². The zero-order valence-corrected chi connectivity index (χ0v) is 14.0. The van der Waals surface area contributed by atoms with Crippen molar-refractivity contribution in [3.05, 3.63) is 29.6 Å². The van der Waals surface area contributed by atoms with E-state index in [1.807, 2.05) is 6.07 Å². The molecule has 0 radical (unpaired) electrons. The Hall–Kier alpha value is -1.09. The van der Waals surface area contributed by atoms with Gasteiger partial charge >= 0.3 is 0 Å². The van der Waals surface area contributed by atoms with Gasteiger partial charge in [-0.25, -0.2) is 4.39 Å². The molecule has 0 spiro atoms. The summed E-state index contributed by atoms with van der Waals surface area (Å²) < 4.78 is 19.5. The minimum Gasteiger partial charge on any atom is -0.491 e. The van der Waals surface area contributed by atoms with Crippen molar-refractivity contribution in [3.8, 4) is 5.75 Å². The summed E-state index contributed by atoms with van der Waals surface area (Å²) in [5, 5.41) is 3.35. The number of unbranched alkanes of at least 4 members (excludes halogenated alkanes) is 4. The fraction of sp³-hybridized carbons (Fsp3) is 0.667. The number of halogens is 1. The topological polar surface area (TPSA) is 21.3 Å². The van der Waals surface area contributed by atoms with Crippen LogP contribution in [-0.4, -0.2) is 12.1 Å². The van der Waals surface area contributed by atoms with Crippen LogP contribution in [0.2, 0.25) is 0 Å². The second kappa shape index (κ2) is 9.04. The molecule has 0 unspecified atom stereocenters.